The van der Waals surface area contributed by atoms with Crippen LogP contribution in [0.3, 0.4) is 0 Å². The van der Waals surface area contributed by atoms with E-state index in [-0.39, 0.29) is 12.5 Å². The molecule has 1 saturated carbocycles. The third-order valence-corrected chi connectivity index (χ3v) is 11.0. The highest BCUT2D eigenvalue weighted by Gasteiger charge is 2.28. The molecule has 224 valence electrons. The van der Waals surface area contributed by atoms with E-state index in [0.29, 0.717) is 36.1 Å². The molecule has 1 atom stereocenters. The van der Waals surface area contributed by atoms with Gasteiger partial charge < -0.3 is 19.5 Å². The normalized spacial score (nSPS) is 17.0. The number of rotatable bonds is 8. The van der Waals surface area contributed by atoms with Crippen molar-refractivity contribution in [1.29, 1.82) is 0 Å². The number of benzene rings is 2. The van der Waals surface area contributed by atoms with E-state index in [9.17, 15) is 9.90 Å². The molecule has 0 bridgehead atoms. The molecule has 2 aliphatic rings. The zero-order valence-electron chi connectivity index (χ0n) is 23.8. The molecule has 2 fully saturated rings. The van der Waals surface area contributed by atoms with Gasteiger partial charge in [0.2, 0.25) is 4.96 Å². The second kappa shape index (κ2) is 11.2. The first-order valence-corrected chi connectivity index (χ1v) is 17.0. The number of hydrogen-bond donors (Lipinski definition) is 1. The smallest absolute Gasteiger partial charge is 0.253 e. The summed E-state index contributed by atoms with van der Waals surface area (Å²) in [5, 5.41) is 19.4. The van der Waals surface area contributed by atoms with Crippen molar-refractivity contribution >= 4 is 55.1 Å². The number of carbonyl (C=O) groups is 1. The van der Waals surface area contributed by atoms with Gasteiger partial charge in [-0.25, -0.2) is 19.5 Å². The van der Waals surface area contributed by atoms with E-state index in [1.54, 1.807) is 23.3 Å². The van der Waals surface area contributed by atoms with Crippen molar-refractivity contribution in [3.05, 3.63) is 64.2 Å². The number of nitrogens with zero attached hydrogens (tertiary/aromatic N) is 6. The fourth-order valence-electron chi connectivity index (χ4n) is 5.36. The Morgan fingerprint density at radius 2 is 1.93 bits per heavy atom. The fourth-order valence-corrected chi connectivity index (χ4v) is 8.19. The minimum atomic E-state index is -0.444. The number of imidazole rings is 1. The molecule has 5 heterocycles. The van der Waals surface area contributed by atoms with Crippen LogP contribution in [0.1, 0.15) is 52.7 Å². The van der Waals surface area contributed by atoms with Gasteiger partial charge in [0.25, 0.3) is 5.91 Å². The third kappa shape index (κ3) is 5.34. The summed E-state index contributed by atoms with van der Waals surface area (Å²) < 4.78 is 14.6. The van der Waals surface area contributed by atoms with E-state index in [1.165, 1.54) is 35.5 Å². The summed E-state index contributed by atoms with van der Waals surface area (Å²) in [5.74, 6) is 1.90. The number of methoxy groups -OCH3 is 1. The SMILES string of the molecule is COc1cc(OCc2csc(-c3ccc(C(=O)N4CCC[C@H](O)C4)cc3)n2)c2sc(-c3cn4nc(C5CC5)sc4n3)nc2c1. The number of thiazole rings is 2. The Morgan fingerprint density at radius 3 is 2.70 bits per heavy atom. The molecule has 8 rings (SSSR count). The van der Waals surface area contributed by atoms with Gasteiger partial charge in [0.05, 0.1) is 35.3 Å². The number of hydrogen-bond acceptors (Lipinski definition) is 11. The Hall–Kier alpha value is -3.91. The summed E-state index contributed by atoms with van der Waals surface area (Å²) in [7, 11) is 1.63. The summed E-state index contributed by atoms with van der Waals surface area (Å²) in [5.41, 5.74) is 3.94. The summed E-state index contributed by atoms with van der Waals surface area (Å²) in [6.45, 7) is 1.35. The van der Waals surface area contributed by atoms with E-state index in [0.717, 1.165) is 60.0 Å². The molecule has 0 radical (unpaired) electrons. The number of aliphatic hydroxyl groups excluding tert-OH is 1. The van der Waals surface area contributed by atoms with Gasteiger partial charge in [-0.15, -0.1) is 22.7 Å². The fraction of sp³-hybridized carbons (Fsp3) is 0.323. The number of piperidine rings is 1. The maximum Gasteiger partial charge on any atom is 0.253 e. The number of amides is 1. The average molecular weight is 645 g/mol. The van der Waals surface area contributed by atoms with Crippen LogP contribution in [0.2, 0.25) is 0 Å². The Labute approximate surface area is 264 Å². The number of fused-ring (bicyclic) bond motifs is 2. The molecule has 1 aliphatic heterocycles. The Morgan fingerprint density at radius 1 is 1.07 bits per heavy atom. The van der Waals surface area contributed by atoms with Crippen LogP contribution in [-0.2, 0) is 6.61 Å². The predicted octanol–water partition coefficient (Wildman–Crippen LogP) is 6.25. The molecular formula is C31H28N6O4S3. The topological polar surface area (TPSA) is 115 Å². The highest BCUT2D eigenvalue weighted by atomic mass is 32.1. The molecule has 1 aliphatic carbocycles. The van der Waals surface area contributed by atoms with Crippen LogP contribution < -0.4 is 9.47 Å². The number of ether oxygens (including phenoxy) is 2. The van der Waals surface area contributed by atoms with E-state index >= 15 is 0 Å². The second-order valence-corrected chi connectivity index (χ2v) is 14.0. The van der Waals surface area contributed by atoms with E-state index in [2.05, 4.69) is 0 Å². The number of likely N-dealkylation sites (tertiary alicyclic amines) is 1. The lowest BCUT2D eigenvalue weighted by atomic mass is 10.1. The Bertz CT molecular complexity index is 1960. The highest BCUT2D eigenvalue weighted by molar-refractivity contribution is 7.22. The van der Waals surface area contributed by atoms with Crippen molar-refractivity contribution in [3.63, 3.8) is 0 Å². The van der Waals surface area contributed by atoms with Crippen molar-refractivity contribution in [2.24, 2.45) is 0 Å². The molecule has 0 unspecified atom stereocenters. The van der Waals surface area contributed by atoms with Gasteiger partial charge in [-0.1, -0.05) is 23.5 Å². The van der Waals surface area contributed by atoms with Gasteiger partial charge in [0.15, 0.2) is 0 Å². The predicted molar refractivity (Wildman–Crippen MR) is 171 cm³/mol. The third-order valence-electron chi connectivity index (χ3n) is 7.86. The second-order valence-electron chi connectivity index (χ2n) is 11.1. The molecule has 2 aromatic carbocycles. The average Bonchev–Trinajstić information content (AvgIpc) is 3.36. The summed E-state index contributed by atoms with van der Waals surface area (Å²) in [4.78, 5) is 29.9. The van der Waals surface area contributed by atoms with Gasteiger partial charge in [0, 0.05) is 47.6 Å². The van der Waals surface area contributed by atoms with Crippen LogP contribution in [0.15, 0.2) is 48.0 Å². The summed E-state index contributed by atoms with van der Waals surface area (Å²) in [6, 6.07) is 11.3. The van der Waals surface area contributed by atoms with Crippen LogP contribution in [-0.4, -0.2) is 66.8 Å². The molecule has 13 heteroatoms. The van der Waals surface area contributed by atoms with Gasteiger partial charge in [0.1, 0.15) is 38.8 Å². The Balaban J connectivity index is 0.985. The monoisotopic (exact) mass is 644 g/mol. The first-order chi connectivity index (χ1) is 21.5. The van der Waals surface area contributed by atoms with Crippen molar-refractivity contribution in [2.45, 2.75) is 44.3 Å². The van der Waals surface area contributed by atoms with E-state index < -0.39 is 6.10 Å². The van der Waals surface area contributed by atoms with E-state index in [4.69, 9.17) is 29.5 Å². The van der Waals surface area contributed by atoms with Crippen molar-refractivity contribution in [1.82, 2.24) is 29.5 Å². The first kappa shape index (κ1) is 27.6. The maximum absolute atomic E-state index is 12.9. The Kier molecular flexibility index (Phi) is 7.05. The van der Waals surface area contributed by atoms with Gasteiger partial charge >= 0.3 is 0 Å². The highest BCUT2D eigenvalue weighted by Crippen LogP contribution is 2.43. The lowest BCUT2D eigenvalue weighted by molar-refractivity contribution is 0.0474. The van der Waals surface area contributed by atoms with Crippen LogP contribution in [0, 0.1) is 0 Å². The van der Waals surface area contributed by atoms with Gasteiger partial charge in [-0.05, 0) is 37.8 Å². The summed E-state index contributed by atoms with van der Waals surface area (Å²) >= 11 is 4.72. The molecule has 4 aromatic heterocycles. The number of carbonyl (C=O) groups excluding carboxylic acids is 1. The van der Waals surface area contributed by atoms with Crippen molar-refractivity contribution in [2.75, 3.05) is 20.2 Å². The molecule has 44 heavy (non-hydrogen) atoms. The van der Waals surface area contributed by atoms with Crippen LogP contribution >= 0.6 is 34.0 Å². The zero-order valence-corrected chi connectivity index (χ0v) is 26.3. The molecule has 1 saturated heterocycles. The van der Waals surface area contributed by atoms with Gasteiger partial charge in [-0.3, -0.25) is 4.79 Å². The quantitative estimate of drug-likeness (QED) is 0.207. The molecule has 10 nitrogen and oxygen atoms in total. The van der Waals surface area contributed by atoms with Crippen LogP contribution in [0.25, 0.3) is 36.5 Å². The first-order valence-electron chi connectivity index (χ1n) is 14.5. The minimum Gasteiger partial charge on any atom is -0.497 e. The lowest BCUT2D eigenvalue weighted by Crippen LogP contribution is -2.42. The number of aliphatic hydroxyl groups is 1. The van der Waals surface area contributed by atoms with Crippen molar-refractivity contribution in [3.8, 4) is 32.8 Å². The van der Waals surface area contributed by atoms with E-state index in [1.807, 2.05) is 52.5 Å². The maximum atomic E-state index is 12.9. The van der Waals surface area contributed by atoms with Crippen molar-refractivity contribution < 1.29 is 19.4 Å². The molecular weight excluding hydrogens is 617 g/mol. The number of aromatic nitrogens is 5. The molecule has 1 N–H and O–H groups in total. The minimum absolute atomic E-state index is 0.0496. The molecule has 0 spiro atoms. The van der Waals surface area contributed by atoms with Gasteiger partial charge in [-0.2, -0.15) is 5.10 Å². The standard InChI is InChI=1S/C31H28N6O4S3/c1-40-22-11-23-26(43-29(33-23)24-14-37-31(34-24)44-28(35-37)18-4-5-18)25(12-22)41-15-20-16-42-27(32-20)17-6-8-19(9-7-17)30(39)36-10-2-3-21(38)13-36/h6-9,11-12,14,16,18,21,38H,2-5,10,13,15H2,1H3/t21-/m0/s1. The number of β-amino-alcohol motifs (C(OH)–C–C–N with tert-alkyl or cyclic N) is 1. The largest absolute Gasteiger partial charge is 0.497 e. The van der Waals surface area contributed by atoms with Crippen LogP contribution in [0.4, 0.5) is 0 Å². The molecule has 6 aromatic rings. The molecule has 1 amide bonds. The lowest BCUT2D eigenvalue weighted by Gasteiger charge is -2.30. The zero-order chi connectivity index (χ0) is 29.8. The summed E-state index contributed by atoms with van der Waals surface area (Å²) in [6.07, 6.45) is 5.51. The van der Waals surface area contributed by atoms with Crippen LogP contribution in [0.5, 0.6) is 11.5 Å².